The number of aryl methyl sites for hydroxylation is 4. The highest BCUT2D eigenvalue weighted by Gasteiger charge is 2.27. The number of fused-ring (bicyclic) bond motifs is 3. The predicted molar refractivity (Wildman–Crippen MR) is 337 cm³/mol. The predicted octanol–water partition coefficient (Wildman–Crippen LogP) is 21.6. The maximum absolute atomic E-state index is 2.57. The van der Waals surface area contributed by atoms with Crippen LogP contribution in [0.5, 0.6) is 0 Å². The van der Waals surface area contributed by atoms with Gasteiger partial charge in [0, 0.05) is 38.4 Å². The van der Waals surface area contributed by atoms with Crippen LogP contribution in [-0.2, 0) is 10.8 Å². The summed E-state index contributed by atoms with van der Waals surface area (Å²) in [5.41, 5.74) is 24.4. The van der Waals surface area contributed by atoms with Crippen molar-refractivity contribution < 1.29 is 0 Å². The smallest absolute Gasteiger partial charge is 0.0618 e. The molecule has 0 aliphatic rings. The number of benzene rings is 12. The number of para-hydroxylation sites is 3. The molecule has 0 aliphatic carbocycles. The van der Waals surface area contributed by atoms with Gasteiger partial charge in [0.1, 0.15) is 0 Å². The standard InChI is InChI=1S/C76H66N2/c1-47-38-48(2)41-57(40-47)62-18-15-19-63(58-42-49(3)39-50(4)43-58)74(62)77(61-32-26-52(27-33-61)51-22-24-53(25-23-51)56-44-59(75(5,6)7)46-60(45-56)76(8,9)10)70-36-30-54-29-35-67-71(37-31-55-28-34-66(70)72(54)73(55)67)78-68-20-13-11-16-64(68)65-17-12-14-21-69(65)78/h11-46H,1-10H3. The highest BCUT2D eigenvalue weighted by molar-refractivity contribution is 6.28. The molecule has 0 saturated heterocycles. The molecule has 0 spiro atoms. The zero-order valence-corrected chi connectivity index (χ0v) is 46.7. The lowest BCUT2D eigenvalue weighted by Gasteiger charge is -2.32. The zero-order valence-electron chi connectivity index (χ0n) is 46.7. The fourth-order valence-corrected chi connectivity index (χ4v) is 12.6. The summed E-state index contributed by atoms with van der Waals surface area (Å²) in [6.07, 6.45) is 0. The van der Waals surface area contributed by atoms with E-state index < -0.39 is 0 Å². The highest BCUT2D eigenvalue weighted by Crippen LogP contribution is 2.51. The third kappa shape index (κ3) is 8.43. The number of rotatable bonds is 8. The van der Waals surface area contributed by atoms with Crippen LogP contribution in [0.1, 0.15) is 74.9 Å². The number of nitrogens with zero attached hydrogens (tertiary/aromatic N) is 2. The van der Waals surface area contributed by atoms with Crippen LogP contribution in [0.4, 0.5) is 17.1 Å². The SMILES string of the molecule is Cc1cc(C)cc(-c2cccc(-c3cc(C)cc(C)c3)c2N(c2ccc(-c3ccc(-c4cc(C(C)(C)C)cc(C(C)(C)C)c4)cc3)cc2)c2ccc3ccc4c(-n5c6ccccc6c6ccccc65)ccc5ccc2c3c54)c1. The highest BCUT2D eigenvalue weighted by atomic mass is 15.1. The molecule has 0 atom stereocenters. The molecule has 0 unspecified atom stereocenters. The van der Waals surface area contributed by atoms with Gasteiger partial charge in [-0.15, -0.1) is 0 Å². The molecule has 0 radical (unpaired) electrons. The summed E-state index contributed by atoms with van der Waals surface area (Å²) in [5.74, 6) is 0. The van der Waals surface area contributed by atoms with Gasteiger partial charge in [-0.3, -0.25) is 0 Å². The molecule has 13 aromatic rings. The molecule has 0 amide bonds. The summed E-state index contributed by atoms with van der Waals surface area (Å²) < 4.78 is 2.47. The number of hydrogen-bond donors (Lipinski definition) is 0. The van der Waals surface area contributed by atoms with Crippen molar-refractivity contribution in [3.63, 3.8) is 0 Å². The first-order valence-electron chi connectivity index (χ1n) is 27.7. The van der Waals surface area contributed by atoms with Crippen LogP contribution in [0.2, 0.25) is 0 Å². The Hall–Kier alpha value is -8.72. The summed E-state index contributed by atoms with van der Waals surface area (Å²) in [4.78, 5) is 2.57. The van der Waals surface area contributed by atoms with E-state index in [2.05, 4.69) is 297 Å². The molecule has 0 N–H and O–H groups in total. The van der Waals surface area contributed by atoms with Crippen molar-refractivity contribution >= 4 is 71.2 Å². The Morgan fingerprint density at radius 1 is 0.333 bits per heavy atom. The first-order chi connectivity index (χ1) is 37.6. The van der Waals surface area contributed by atoms with E-state index in [0.717, 1.165) is 17.1 Å². The third-order valence-corrected chi connectivity index (χ3v) is 16.3. The summed E-state index contributed by atoms with van der Waals surface area (Å²) in [6, 6.07) is 83.0. The van der Waals surface area contributed by atoms with Gasteiger partial charge in [0.05, 0.1) is 28.1 Å². The van der Waals surface area contributed by atoms with Gasteiger partial charge in [-0.25, -0.2) is 0 Å². The minimum Gasteiger partial charge on any atom is -0.309 e. The molecule has 380 valence electrons. The lowest BCUT2D eigenvalue weighted by atomic mass is 9.79. The minimum absolute atomic E-state index is 0.0420. The van der Waals surface area contributed by atoms with E-state index >= 15 is 0 Å². The van der Waals surface area contributed by atoms with Gasteiger partial charge in [-0.05, 0) is 141 Å². The molecule has 2 nitrogen and oxygen atoms in total. The Bertz CT molecular complexity index is 4280. The maximum Gasteiger partial charge on any atom is 0.0618 e. The van der Waals surface area contributed by atoms with Gasteiger partial charge in [-0.1, -0.05) is 246 Å². The van der Waals surface area contributed by atoms with Crippen LogP contribution in [0.3, 0.4) is 0 Å². The second-order valence-corrected chi connectivity index (χ2v) is 24.2. The van der Waals surface area contributed by atoms with Gasteiger partial charge in [0.15, 0.2) is 0 Å². The molecule has 78 heavy (non-hydrogen) atoms. The van der Waals surface area contributed by atoms with Crippen LogP contribution < -0.4 is 4.90 Å². The van der Waals surface area contributed by atoms with E-state index in [9.17, 15) is 0 Å². The Morgan fingerprint density at radius 2 is 0.769 bits per heavy atom. The quantitative estimate of drug-likeness (QED) is 0.138. The second kappa shape index (κ2) is 18.5. The van der Waals surface area contributed by atoms with Crippen molar-refractivity contribution in [3.8, 4) is 50.2 Å². The maximum atomic E-state index is 2.57. The Labute approximate surface area is 460 Å². The van der Waals surface area contributed by atoms with Gasteiger partial charge < -0.3 is 9.47 Å². The third-order valence-electron chi connectivity index (χ3n) is 16.3. The summed E-state index contributed by atoms with van der Waals surface area (Å²) in [5, 5.41) is 9.97. The second-order valence-electron chi connectivity index (χ2n) is 24.2. The first kappa shape index (κ1) is 48.9. The molecule has 12 aromatic carbocycles. The van der Waals surface area contributed by atoms with E-state index in [1.807, 2.05) is 0 Å². The van der Waals surface area contributed by atoms with E-state index in [1.165, 1.54) is 138 Å². The molecule has 13 rings (SSSR count). The normalized spacial score (nSPS) is 12.2. The Balaban J connectivity index is 1.03. The molecule has 1 aromatic heterocycles. The van der Waals surface area contributed by atoms with Crippen LogP contribution in [0.25, 0.3) is 104 Å². The van der Waals surface area contributed by atoms with Crippen LogP contribution in [0.15, 0.2) is 218 Å². The van der Waals surface area contributed by atoms with Crippen LogP contribution in [-0.4, -0.2) is 4.57 Å². The fourth-order valence-electron chi connectivity index (χ4n) is 12.6. The van der Waals surface area contributed by atoms with Crippen molar-refractivity contribution in [1.29, 1.82) is 0 Å². The summed E-state index contributed by atoms with van der Waals surface area (Å²) >= 11 is 0. The molecule has 0 aliphatic heterocycles. The number of anilines is 3. The Kier molecular flexibility index (Phi) is 11.6. The van der Waals surface area contributed by atoms with E-state index in [0.29, 0.717) is 0 Å². The largest absolute Gasteiger partial charge is 0.309 e. The zero-order chi connectivity index (χ0) is 53.8. The van der Waals surface area contributed by atoms with E-state index in [-0.39, 0.29) is 10.8 Å². The average molecular weight is 1010 g/mol. The van der Waals surface area contributed by atoms with Crippen molar-refractivity contribution in [2.45, 2.75) is 80.1 Å². The number of aromatic nitrogens is 1. The summed E-state index contributed by atoms with van der Waals surface area (Å²) in [6.45, 7) is 22.7. The van der Waals surface area contributed by atoms with Gasteiger partial charge in [0.25, 0.3) is 0 Å². The molecule has 0 fully saturated rings. The van der Waals surface area contributed by atoms with Gasteiger partial charge in [-0.2, -0.15) is 0 Å². The van der Waals surface area contributed by atoms with E-state index in [1.54, 1.807) is 0 Å². The molecule has 0 saturated carbocycles. The van der Waals surface area contributed by atoms with Crippen molar-refractivity contribution in [1.82, 2.24) is 4.57 Å². The topological polar surface area (TPSA) is 8.17 Å². The van der Waals surface area contributed by atoms with Crippen molar-refractivity contribution in [2.75, 3.05) is 4.90 Å². The fraction of sp³-hybridized carbons (Fsp3) is 0.158. The average Bonchev–Trinajstić information content (AvgIpc) is 3.85. The monoisotopic (exact) mass is 1010 g/mol. The molecular weight excluding hydrogens is 941 g/mol. The molecular formula is C76H66N2. The lowest BCUT2D eigenvalue weighted by molar-refractivity contribution is 0.569. The Morgan fingerprint density at radius 3 is 1.28 bits per heavy atom. The van der Waals surface area contributed by atoms with Gasteiger partial charge in [0.2, 0.25) is 0 Å². The van der Waals surface area contributed by atoms with Crippen LogP contribution >= 0.6 is 0 Å². The molecule has 1 heterocycles. The van der Waals surface area contributed by atoms with Crippen molar-refractivity contribution in [2.24, 2.45) is 0 Å². The summed E-state index contributed by atoms with van der Waals surface area (Å²) in [7, 11) is 0. The lowest BCUT2D eigenvalue weighted by Crippen LogP contribution is -2.16. The first-order valence-corrected chi connectivity index (χ1v) is 27.7. The molecule has 0 bridgehead atoms. The van der Waals surface area contributed by atoms with E-state index in [4.69, 9.17) is 0 Å². The molecule has 2 heteroatoms. The number of hydrogen-bond acceptors (Lipinski definition) is 1. The van der Waals surface area contributed by atoms with Crippen LogP contribution in [0, 0.1) is 27.7 Å². The van der Waals surface area contributed by atoms with Gasteiger partial charge >= 0.3 is 0 Å². The van der Waals surface area contributed by atoms with Crippen molar-refractivity contribution in [3.05, 3.63) is 252 Å². The minimum atomic E-state index is 0.0420.